The maximum absolute atomic E-state index is 14.1. The van der Waals surface area contributed by atoms with Gasteiger partial charge in [-0.3, -0.25) is 18.7 Å². The van der Waals surface area contributed by atoms with Gasteiger partial charge in [-0.25, -0.2) is 8.42 Å². The summed E-state index contributed by atoms with van der Waals surface area (Å²) in [5, 5.41) is 0. The van der Waals surface area contributed by atoms with Crippen molar-refractivity contribution in [1.82, 2.24) is 4.90 Å². The summed E-state index contributed by atoms with van der Waals surface area (Å²) in [4.78, 5) is 41.9. The van der Waals surface area contributed by atoms with Crippen molar-refractivity contribution >= 4 is 33.2 Å². The van der Waals surface area contributed by atoms with E-state index in [1.165, 1.54) is 28.4 Å². The minimum absolute atomic E-state index is 0.0446. The van der Waals surface area contributed by atoms with Gasteiger partial charge in [0.05, 0.1) is 22.7 Å². The van der Waals surface area contributed by atoms with Gasteiger partial charge in [0.15, 0.2) is 0 Å². The number of methoxy groups -OCH3 is 1. The summed E-state index contributed by atoms with van der Waals surface area (Å²) in [6.07, 6.45) is -1.27. The van der Waals surface area contributed by atoms with Crippen LogP contribution < -0.4 is 4.31 Å². The van der Waals surface area contributed by atoms with Crippen LogP contribution in [-0.4, -0.2) is 63.1 Å². The number of hydrogen-bond acceptors (Lipinski definition) is 6. The Bertz CT molecular complexity index is 1270. The predicted octanol–water partition coefficient (Wildman–Crippen LogP) is 2.63. The summed E-state index contributed by atoms with van der Waals surface area (Å²) >= 11 is 0. The minimum atomic E-state index is -4.17. The molecular weight excluding hydrogens is 468 g/mol. The molecule has 2 aromatic rings. The van der Waals surface area contributed by atoms with Crippen molar-refractivity contribution in [1.29, 1.82) is 0 Å². The summed E-state index contributed by atoms with van der Waals surface area (Å²) in [7, 11) is -2.79. The van der Waals surface area contributed by atoms with Crippen LogP contribution in [0.1, 0.15) is 37.8 Å². The predicted molar refractivity (Wildman–Crippen MR) is 131 cm³/mol. The molecule has 0 unspecified atom stereocenters. The van der Waals surface area contributed by atoms with Crippen molar-refractivity contribution in [3.63, 3.8) is 0 Å². The number of sulfonamides is 1. The van der Waals surface area contributed by atoms with Crippen molar-refractivity contribution in [2.45, 2.75) is 56.1 Å². The van der Waals surface area contributed by atoms with Gasteiger partial charge in [-0.1, -0.05) is 35.9 Å². The second-order valence-electron chi connectivity index (χ2n) is 8.99. The number of rotatable bonds is 7. The highest BCUT2D eigenvalue weighted by atomic mass is 32.2. The van der Waals surface area contributed by atoms with Crippen molar-refractivity contribution in [3.05, 3.63) is 59.7 Å². The van der Waals surface area contributed by atoms with Gasteiger partial charge in [0.2, 0.25) is 5.78 Å². The zero-order valence-corrected chi connectivity index (χ0v) is 21.2. The van der Waals surface area contributed by atoms with E-state index in [0.717, 1.165) is 5.56 Å². The number of ketones is 2. The van der Waals surface area contributed by atoms with E-state index in [2.05, 4.69) is 0 Å². The lowest BCUT2D eigenvalue weighted by atomic mass is 9.63. The number of anilines is 1. The Morgan fingerprint density at radius 1 is 1.06 bits per heavy atom. The monoisotopic (exact) mass is 498 g/mol. The second-order valence-corrected chi connectivity index (χ2v) is 10.8. The Balaban J connectivity index is 2.00. The van der Waals surface area contributed by atoms with Gasteiger partial charge in [-0.05, 0) is 44.5 Å². The maximum atomic E-state index is 14.1. The summed E-state index contributed by atoms with van der Waals surface area (Å²) in [6, 6.07) is 12.0. The molecule has 1 fully saturated rings. The quantitative estimate of drug-likeness (QED) is 0.544. The van der Waals surface area contributed by atoms with Gasteiger partial charge >= 0.3 is 0 Å². The van der Waals surface area contributed by atoms with Gasteiger partial charge in [0.25, 0.3) is 15.9 Å². The molecule has 8 nitrogen and oxygen atoms in total. The van der Waals surface area contributed by atoms with Gasteiger partial charge in [0, 0.05) is 33.0 Å². The van der Waals surface area contributed by atoms with Crippen LogP contribution in [0.4, 0.5) is 5.69 Å². The number of amides is 1. The molecule has 1 amide bonds. The van der Waals surface area contributed by atoms with E-state index >= 15 is 0 Å². The van der Waals surface area contributed by atoms with E-state index in [1.807, 2.05) is 6.92 Å². The third kappa shape index (κ3) is 3.68. The van der Waals surface area contributed by atoms with Crippen molar-refractivity contribution in [2.24, 2.45) is 0 Å². The highest BCUT2D eigenvalue weighted by Gasteiger charge is 2.67. The molecule has 4 rings (SSSR count). The summed E-state index contributed by atoms with van der Waals surface area (Å²) in [5.41, 5.74) is -0.0649. The second kappa shape index (κ2) is 9.20. The Morgan fingerprint density at radius 2 is 1.69 bits per heavy atom. The molecule has 1 aliphatic heterocycles. The van der Waals surface area contributed by atoms with E-state index in [4.69, 9.17) is 4.74 Å². The molecule has 35 heavy (non-hydrogen) atoms. The molecule has 2 aromatic carbocycles. The number of carbonyl (C=O) groups is 3. The summed E-state index contributed by atoms with van der Waals surface area (Å²) < 4.78 is 34.9. The van der Waals surface area contributed by atoms with Crippen LogP contribution in [0.5, 0.6) is 0 Å². The molecule has 2 aliphatic rings. The van der Waals surface area contributed by atoms with Crippen LogP contribution in [0.3, 0.4) is 0 Å². The fourth-order valence-corrected chi connectivity index (χ4v) is 7.19. The Morgan fingerprint density at radius 3 is 2.29 bits per heavy atom. The van der Waals surface area contributed by atoms with Crippen LogP contribution in [0.25, 0.3) is 0 Å². The number of benzene rings is 2. The van der Waals surface area contributed by atoms with Crippen LogP contribution in [0, 0.1) is 6.92 Å². The number of nitrogens with zero attached hydrogens (tertiary/aromatic N) is 2. The molecule has 0 spiro atoms. The molecule has 0 saturated heterocycles. The van der Waals surface area contributed by atoms with Crippen molar-refractivity contribution in [3.8, 4) is 0 Å². The van der Waals surface area contributed by atoms with Crippen LogP contribution in [0.2, 0.25) is 0 Å². The fraction of sp³-hybridized carbons (Fsp3) is 0.423. The zero-order chi connectivity index (χ0) is 25.5. The number of ether oxygens (including phenoxy) is 1. The van der Waals surface area contributed by atoms with Gasteiger partial charge in [-0.15, -0.1) is 0 Å². The highest BCUT2D eigenvalue weighted by Crippen LogP contribution is 2.54. The fourth-order valence-electron chi connectivity index (χ4n) is 5.49. The lowest BCUT2D eigenvalue weighted by Crippen LogP contribution is -2.65. The zero-order valence-electron chi connectivity index (χ0n) is 20.4. The topological polar surface area (TPSA) is 101 Å². The van der Waals surface area contributed by atoms with Crippen LogP contribution >= 0.6 is 0 Å². The van der Waals surface area contributed by atoms with E-state index in [0.29, 0.717) is 18.7 Å². The van der Waals surface area contributed by atoms with E-state index in [-0.39, 0.29) is 29.2 Å². The molecule has 1 heterocycles. The lowest BCUT2D eigenvalue weighted by molar-refractivity contribution is -0.153. The van der Waals surface area contributed by atoms with Crippen LogP contribution in [0.15, 0.2) is 53.4 Å². The molecular formula is C26H30N2O6S. The number of para-hydroxylation sites is 1. The average Bonchev–Trinajstić information content (AvgIpc) is 3.15. The highest BCUT2D eigenvalue weighted by molar-refractivity contribution is 7.93. The standard InChI is InChI=1S/C26H30N2O6S/c1-5-27(6-2)25(31)24(30)26-20-9-7-8-10-21(20)28(22(26)15-18(29)16-23(26)34-4)35(32,33)19-13-11-17(3)12-14-19/h7-14,22-23H,5-6,15-16H2,1-4H3/t22-,23+,26+/m1/s1. The smallest absolute Gasteiger partial charge is 0.291 e. The van der Waals surface area contributed by atoms with Crippen molar-refractivity contribution < 1.29 is 27.5 Å². The molecule has 0 N–H and O–H groups in total. The Labute approximate surface area is 205 Å². The SMILES string of the molecule is CCN(CC)C(=O)C(=O)[C@@]12c3ccccc3N(S(=O)(=O)c3ccc(C)cc3)[C@@H]1CC(=O)C[C@@H]2OC. The van der Waals surface area contributed by atoms with Gasteiger partial charge < -0.3 is 9.64 Å². The molecule has 0 radical (unpaired) electrons. The number of hydrogen-bond donors (Lipinski definition) is 0. The first-order valence-electron chi connectivity index (χ1n) is 11.7. The van der Waals surface area contributed by atoms with Gasteiger partial charge in [0.1, 0.15) is 11.2 Å². The maximum Gasteiger partial charge on any atom is 0.291 e. The van der Waals surface area contributed by atoms with Crippen molar-refractivity contribution in [2.75, 3.05) is 24.5 Å². The third-order valence-corrected chi connectivity index (χ3v) is 9.06. The van der Waals surface area contributed by atoms with Gasteiger partial charge in [-0.2, -0.15) is 0 Å². The average molecular weight is 499 g/mol. The number of carbonyl (C=O) groups excluding carboxylic acids is 3. The molecule has 1 aliphatic carbocycles. The first-order valence-corrected chi connectivity index (χ1v) is 13.2. The number of fused-ring (bicyclic) bond motifs is 3. The lowest BCUT2D eigenvalue weighted by Gasteiger charge is -2.45. The number of likely N-dealkylation sites (N-methyl/N-ethyl adjacent to an activating group) is 1. The summed E-state index contributed by atoms with van der Waals surface area (Å²) in [6.45, 7) is 6.06. The normalized spacial score (nSPS) is 23.5. The third-order valence-electron chi connectivity index (χ3n) is 7.22. The molecule has 0 bridgehead atoms. The Hall–Kier alpha value is -3.04. The molecule has 0 aromatic heterocycles. The first kappa shape index (κ1) is 25.1. The molecule has 3 atom stereocenters. The largest absolute Gasteiger partial charge is 0.379 e. The Kier molecular flexibility index (Phi) is 6.59. The molecule has 9 heteroatoms. The first-order chi connectivity index (χ1) is 16.6. The summed E-state index contributed by atoms with van der Waals surface area (Å²) in [5.74, 6) is -1.68. The van der Waals surface area contributed by atoms with E-state index in [9.17, 15) is 22.8 Å². The van der Waals surface area contributed by atoms with Crippen LogP contribution in [-0.2, 0) is 34.6 Å². The molecule has 186 valence electrons. The van der Waals surface area contributed by atoms with E-state index < -0.39 is 39.3 Å². The molecule has 1 saturated carbocycles. The number of aryl methyl sites for hydroxylation is 1. The number of Topliss-reactive ketones (excluding diaryl/α,β-unsaturated/α-hetero) is 2. The van der Waals surface area contributed by atoms with E-state index in [1.54, 1.807) is 50.2 Å². The minimum Gasteiger partial charge on any atom is -0.379 e.